The van der Waals surface area contributed by atoms with Crippen molar-refractivity contribution in [3.63, 3.8) is 0 Å². The molecule has 4 aromatic rings. The minimum Gasteiger partial charge on any atom is -0.293 e. The number of aryl methyl sites for hydroxylation is 2. The zero-order valence-corrected chi connectivity index (χ0v) is 22.3. The highest BCUT2D eigenvalue weighted by atomic mass is 32.2. The van der Waals surface area contributed by atoms with Gasteiger partial charge < -0.3 is 0 Å². The van der Waals surface area contributed by atoms with Gasteiger partial charge in [0.2, 0.25) is 5.03 Å². The molecule has 0 bridgehead atoms. The lowest BCUT2D eigenvalue weighted by Crippen LogP contribution is -2.51. The van der Waals surface area contributed by atoms with Crippen LogP contribution in [0.25, 0.3) is 16.6 Å². The maximum atomic E-state index is 13.9. The van der Waals surface area contributed by atoms with Crippen LogP contribution in [0.4, 0.5) is 17.6 Å². The van der Waals surface area contributed by atoms with Crippen molar-refractivity contribution in [2.75, 3.05) is 26.2 Å². The van der Waals surface area contributed by atoms with E-state index in [0.717, 1.165) is 11.0 Å². The first-order valence-electron chi connectivity index (χ1n) is 12.2. The highest BCUT2D eigenvalue weighted by Gasteiger charge is 2.38. The number of benzene rings is 2. The Hall–Kier alpha value is -3.87. The van der Waals surface area contributed by atoms with E-state index in [1.807, 2.05) is 0 Å². The second-order valence-corrected chi connectivity index (χ2v) is 11.4. The number of sulfonamides is 1. The van der Waals surface area contributed by atoms with E-state index in [4.69, 9.17) is 0 Å². The van der Waals surface area contributed by atoms with Crippen LogP contribution in [0.2, 0.25) is 0 Å². The summed E-state index contributed by atoms with van der Waals surface area (Å²) in [5, 5.41) is 21.7. The maximum absolute atomic E-state index is 13.9. The number of piperazine rings is 1. The van der Waals surface area contributed by atoms with E-state index < -0.39 is 34.5 Å². The summed E-state index contributed by atoms with van der Waals surface area (Å²) in [5.41, 5.74) is 2.33. The Bertz CT molecular complexity index is 1720. The minimum absolute atomic E-state index is 0.00170. The van der Waals surface area contributed by atoms with Crippen LogP contribution in [-0.2, 0) is 17.1 Å². The van der Waals surface area contributed by atoms with Gasteiger partial charge in [-0.3, -0.25) is 4.90 Å². The Balaban J connectivity index is 1.53. The fourth-order valence-corrected chi connectivity index (χ4v) is 6.24. The van der Waals surface area contributed by atoms with Crippen LogP contribution in [-0.4, -0.2) is 74.8 Å². The average molecular weight is 577 g/mol. The molecule has 5 rings (SSSR count). The normalized spacial score (nSPS) is 17.4. The first-order chi connectivity index (χ1) is 18.9. The van der Waals surface area contributed by atoms with E-state index in [1.165, 1.54) is 29.6 Å². The quantitative estimate of drug-likeness (QED) is 0.323. The van der Waals surface area contributed by atoms with Crippen molar-refractivity contribution >= 4 is 20.9 Å². The Kier molecular flexibility index (Phi) is 7.11. The molecule has 0 unspecified atom stereocenters. The summed E-state index contributed by atoms with van der Waals surface area (Å²) in [5.74, 6) is -0.654. The van der Waals surface area contributed by atoms with E-state index in [0.29, 0.717) is 27.7 Å². The molecule has 1 aliphatic rings. The van der Waals surface area contributed by atoms with Crippen molar-refractivity contribution in [1.29, 1.82) is 5.26 Å². The van der Waals surface area contributed by atoms with Crippen LogP contribution in [0.5, 0.6) is 0 Å². The molecule has 2 aromatic carbocycles. The first-order valence-corrected chi connectivity index (χ1v) is 13.7. The molecule has 0 radical (unpaired) electrons. The van der Waals surface area contributed by atoms with Crippen molar-refractivity contribution in [2.24, 2.45) is 7.05 Å². The maximum Gasteiger partial charge on any atom is 0.390 e. The van der Waals surface area contributed by atoms with E-state index in [1.54, 1.807) is 40.9 Å². The summed E-state index contributed by atoms with van der Waals surface area (Å²) >= 11 is 0. The van der Waals surface area contributed by atoms with Gasteiger partial charge in [0.1, 0.15) is 11.9 Å². The number of halogens is 4. The molecule has 0 aliphatic carbocycles. The average Bonchev–Trinajstić information content (AvgIpc) is 3.53. The number of aromatic nitrogens is 5. The molecule has 1 aliphatic heterocycles. The van der Waals surface area contributed by atoms with Gasteiger partial charge in [-0.05, 0) is 48.4 Å². The Morgan fingerprint density at radius 1 is 1.12 bits per heavy atom. The van der Waals surface area contributed by atoms with Gasteiger partial charge >= 0.3 is 6.18 Å². The molecule has 15 heteroatoms. The van der Waals surface area contributed by atoms with Gasteiger partial charge in [0.25, 0.3) is 10.0 Å². The zero-order valence-electron chi connectivity index (χ0n) is 21.5. The molecule has 40 heavy (non-hydrogen) atoms. The summed E-state index contributed by atoms with van der Waals surface area (Å²) in [6.07, 6.45) is -2.71. The Labute approximate surface area is 227 Å². The van der Waals surface area contributed by atoms with Crippen LogP contribution in [0.15, 0.2) is 47.8 Å². The van der Waals surface area contributed by atoms with E-state index in [-0.39, 0.29) is 36.8 Å². The van der Waals surface area contributed by atoms with E-state index >= 15 is 0 Å². The lowest BCUT2D eigenvalue weighted by molar-refractivity contribution is -0.140. The highest BCUT2D eigenvalue weighted by molar-refractivity contribution is 7.89. The molecule has 1 saturated heterocycles. The molecule has 210 valence electrons. The van der Waals surface area contributed by atoms with Gasteiger partial charge in [-0.15, -0.1) is 5.10 Å². The van der Waals surface area contributed by atoms with Crippen molar-refractivity contribution in [1.82, 2.24) is 34.0 Å². The number of rotatable bonds is 6. The summed E-state index contributed by atoms with van der Waals surface area (Å²) < 4.78 is 82.7. The number of hydrogen-bond acceptors (Lipinski definition) is 7. The van der Waals surface area contributed by atoms with Gasteiger partial charge in [-0.25, -0.2) is 17.5 Å². The molecule has 0 N–H and O–H groups in total. The second kappa shape index (κ2) is 10.3. The first kappa shape index (κ1) is 27.7. The van der Waals surface area contributed by atoms with Crippen LogP contribution >= 0.6 is 0 Å². The SMILES string of the molecule is Cc1cc2c(cnn2-c2ccc(F)c(C#N)c2)cc1[C@@H]1CN(S(=O)(=O)c2cnn(C)n2)CCN1CCC(F)(F)F. The second-order valence-electron chi connectivity index (χ2n) is 9.55. The van der Waals surface area contributed by atoms with Crippen LogP contribution < -0.4 is 0 Å². The number of nitriles is 1. The molecular formula is C25H24F4N8O2S. The molecule has 3 heterocycles. The van der Waals surface area contributed by atoms with Crippen LogP contribution in [0.3, 0.4) is 0 Å². The summed E-state index contributed by atoms with van der Waals surface area (Å²) in [6, 6.07) is 8.75. The smallest absolute Gasteiger partial charge is 0.293 e. The van der Waals surface area contributed by atoms with Gasteiger partial charge in [-0.1, -0.05) is 0 Å². The third-order valence-electron chi connectivity index (χ3n) is 6.95. The van der Waals surface area contributed by atoms with E-state index in [9.17, 15) is 31.2 Å². The molecular weight excluding hydrogens is 552 g/mol. The largest absolute Gasteiger partial charge is 0.390 e. The molecule has 0 amide bonds. The standard InChI is InChI=1S/C25H24F4N8O2S/c1-16-9-22-18(13-32-37(22)19-3-4-21(26)17(10-19)12-30)11-20(16)23-15-36(8-7-35(23)6-5-25(27,28)29)40(38,39)24-14-31-34(2)33-24/h3-4,9-11,13-14,23H,5-8,15H2,1-2H3/t23-/m0/s1. The summed E-state index contributed by atoms with van der Waals surface area (Å²) in [6.45, 7) is 1.49. The number of alkyl halides is 3. The van der Waals surface area contributed by atoms with Gasteiger partial charge in [0.15, 0.2) is 0 Å². The molecule has 0 spiro atoms. The lowest BCUT2D eigenvalue weighted by Gasteiger charge is -2.41. The predicted octanol–water partition coefficient (Wildman–Crippen LogP) is 3.47. The Morgan fingerprint density at radius 3 is 2.58 bits per heavy atom. The monoisotopic (exact) mass is 576 g/mol. The lowest BCUT2D eigenvalue weighted by atomic mass is 9.96. The zero-order chi connectivity index (χ0) is 28.8. The fourth-order valence-electron chi connectivity index (χ4n) is 4.92. The molecule has 1 atom stereocenters. The topological polar surface area (TPSA) is 113 Å². The van der Waals surface area contributed by atoms with Crippen molar-refractivity contribution < 1.29 is 26.0 Å². The molecule has 1 fully saturated rings. The Morgan fingerprint density at radius 2 is 1.90 bits per heavy atom. The van der Waals surface area contributed by atoms with Crippen molar-refractivity contribution in [2.45, 2.75) is 30.6 Å². The fraction of sp³-hybridized carbons (Fsp3) is 0.360. The van der Waals surface area contributed by atoms with Gasteiger partial charge in [0.05, 0.1) is 35.6 Å². The minimum atomic E-state index is -4.37. The molecule has 0 saturated carbocycles. The molecule has 10 nitrogen and oxygen atoms in total. The predicted molar refractivity (Wildman–Crippen MR) is 135 cm³/mol. The van der Waals surface area contributed by atoms with Gasteiger partial charge in [0, 0.05) is 44.7 Å². The highest BCUT2D eigenvalue weighted by Crippen LogP contribution is 2.34. The number of hydrogen-bond donors (Lipinski definition) is 0. The van der Waals surface area contributed by atoms with Crippen molar-refractivity contribution in [3.05, 3.63) is 65.2 Å². The van der Waals surface area contributed by atoms with E-state index in [2.05, 4.69) is 15.3 Å². The molecule has 2 aromatic heterocycles. The number of nitrogens with zero attached hydrogens (tertiary/aromatic N) is 8. The summed E-state index contributed by atoms with van der Waals surface area (Å²) in [4.78, 5) is 2.77. The van der Waals surface area contributed by atoms with Gasteiger partial charge in [-0.2, -0.15) is 37.7 Å². The third kappa shape index (κ3) is 5.29. The van der Waals surface area contributed by atoms with Crippen LogP contribution in [0, 0.1) is 24.1 Å². The van der Waals surface area contributed by atoms with Crippen LogP contribution in [0.1, 0.15) is 29.2 Å². The number of fused-ring (bicyclic) bond motifs is 1. The summed E-state index contributed by atoms with van der Waals surface area (Å²) in [7, 11) is -2.54. The third-order valence-corrected chi connectivity index (χ3v) is 8.68. The van der Waals surface area contributed by atoms with Crippen molar-refractivity contribution in [3.8, 4) is 11.8 Å².